The van der Waals surface area contributed by atoms with Gasteiger partial charge in [0, 0.05) is 17.5 Å². The molecule has 0 aromatic rings. The van der Waals surface area contributed by atoms with Crippen molar-refractivity contribution in [2.75, 3.05) is 6.54 Å². The predicted molar refractivity (Wildman–Crippen MR) is 80.2 cm³/mol. The molecule has 2 rings (SSSR count). The van der Waals surface area contributed by atoms with Gasteiger partial charge in [-0.3, -0.25) is 9.69 Å². The van der Waals surface area contributed by atoms with Gasteiger partial charge in [-0.05, 0) is 44.9 Å². The summed E-state index contributed by atoms with van der Waals surface area (Å²) in [6, 6.07) is 0.136. The summed E-state index contributed by atoms with van der Waals surface area (Å²) >= 11 is 0. The lowest BCUT2D eigenvalue weighted by Gasteiger charge is -2.38. The smallest absolute Gasteiger partial charge is 0.155 e. The molecule has 1 unspecified atom stereocenters. The highest BCUT2D eigenvalue weighted by Gasteiger charge is 2.62. The number of nitrogens with zero attached hydrogens (tertiary/aromatic N) is 1. The molecule has 2 heteroatoms. The minimum absolute atomic E-state index is 0.0932. The number of likely N-dealkylation sites (tertiary alicyclic amines) is 1. The summed E-state index contributed by atoms with van der Waals surface area (Å²) in [6.45, 7) is 16.3. The van der Waals surface area contributed by atoms with E-state index >= 15 is 0 Å². The van der Waals surface area contributed by atoms with Crippen molar-refractivity contribution in [3.63, 3.8) is 0 Å². The second-order valence-electron chi connectivity index (χ2n) is 8.80. The van der Waals surface area contributed by atoms with Gasteiger partial charge >= 0.3 is 0 Å². The van der Waals surface area contributed by atoms with E-state index in [0.29, 0.717) is 11.2 Å². The maximum atomic E-state index is 12.8. The largest absolute Gasteiger partial charge is 0.297 e. The Hall–Kier alpha value is -0.370. The average Bonchev–Trinajstić information content (AvgIpc) is 2.75. The van der Waals surface area contributed by atoms with Crippen molar-refractivity contribution >= 4 is 5.78 Å². The van der Waals surface area contributed by atoms with E-state index < -0.39 is 0 Å². The van der Waals surface area contributed by atoms with Crippen LogP contribution >= 0.6 is 0 Å². The molecular formula is C17H31NO. The molecule has 1 saturated carbocycles. The van der Waals surface area contributed by atoms with Crippen LogP contribution in [0, 0.1) is 16.7 Å². The Morgan fingerprint density at radius 3 is 2.11 bits per heavy atom. The average molecular weight is 265 g/mol. The van der Waals surface area contributed by atoms with Crippen LogP contribution in [0.15, 0.2) is 0 Å². The summed E-state index contributed by atoms with van der Waals surface area (Å²) in [5.74, 6) is 1.29. The highest BCUT2D eigenvalue weighted by atomic mass is 16.1. The van der Waals surface area contributed by atoms with Gasteiger partial charge in [-0.1, -0.05) is 34.1 Å². The molecule has 1 saturated heterocycles. The van der Waals surface area contributed by atoms with Crippen molar-refractivity contribution in [2.45, 2.75) is 79.3 Å². The Morgan fingerprint density at radius 2 is 1.74 bits per heavy atom. The van der Waals surface area contributed by atoms with Crippen LogP contribution in [0.3, 0.4) is 0 Å². The molecule has 2 aliphatic rings. The molecule has 0 amide bonds. The monoisotopic (exact) mass is 265 g/mol. The van der Waals surface area contributed by atoms with Gasteiger partial charge in [-0.2, -0.15) is 0 Å². The van der Waals surface area contributed by atoms with Gasteiger partial charge in [0.25, 0.3) is 0 Å². The Kier molecular flexibility index (Phi) is 3.41. The Balaban J connectivity index is 2.23. The van der Waals surface area contributed by atoms with E-state index in [1.165, 1.54) is 12.8 Å². The minimum Gasteiger partial charge on any atom is -0.297 e. The summed E-state index contributed by atoms with van der Waals surface area (Å²) in [6.07, 6.45) is 3.71. The molecule has 3 atom stereocenters. The number of Topliss-reactive ketones (excluding diaryl/α,β-unsaturated/α-hetero) is 1. The van der Waals surface area contributed by atoms with Crippen molar-refractivity contribution in [3.8, 4) is 0 Å². The molecule has 0 N–H and O–H groups in total. The molecule has 0 aromatic heterocycles. The highest BCUT2D eigenvalue weighted by Crippen LogP contribution is 2.62. The quantitative estimate of drug-likeness (QED) is 0.755. The number of carbonyl (C=O) groups excluding carboxylic acids is 1. The van der Waals surface area contributed by atoms with E-state index in [4.69, 9.17) is 0 Å². The van der Waals surface area contributed by atoms with E-state index in [-0.39, 0.29) is 17.0 Å². The molecule has 2 fully saturated rings. The van der Waals surface area contributed by atoms with Crippen molar-refractivity contribution in [2.24, 2.45) is 16.7 Å². The van der Waals surface area contributed by atoms with Gasteiger partial charge in [0.05, 0.1) is 6.04 Å². The number of carbonyl (C=O) groups is 1. The number of hydrogen-bond donors (Lipinski definition) is 0. The zero-order chi connectivity index (χ0) is 14.6. The van der Waals surface area contributed by atoms with Crippen LogP contribution < -0.4 is 0 Å². The highest BCUT2D eigenvalue weighted by molar-refractivity contribution is 5.89. The van der Waals surface area contributed by atoms with E-state index in [0.717, 1.165) is 18.9 Å². The van der Waals surface area contributed by atoms with E-state index in [1.807, 2.05) is 0 Å². The van der Waals surface area contributed by atoms with Gasteiger partial charge in [0.2, 0.25) is 0 Å². The first-order chi connectivity index (χ1) is 8.51. The molecule has 2 nitrogen and oxygen atoms in total. The summed E-state index contributed by atoms with van der Waals surface area (Å²) in [5, 5.41) is 0. The molecule has 0 radical (unpaired) electrons. The van der Waals surface area contributed by atoms with Crippen LogP contribution in [0.25, 0.3) is 0 Å². The lowest BCUT2D eigenvalue weighted by atomic mass is 9.83. The van der Waals surface area contributed by atoms with E-state index in [9.17, 15) is 4.79 Å². The number of ketones is 1. The van der Waals surface area contributed by atoms with Gasteiger partial charge in [0.1, 0.15) is 0 Å². The third kappa shape index (κ3) is 2.61. The van der Waals surface area contributed by atoms with E-state index in [1.54, 1.807) is 0 Å². The summed E-state index contributed by atoms with van der Waals surface area (Å²) in [7, 11) is 0. The molecule has 1 aliphatic heterocycles. The van der Waals surface area contributed by atoms with Gasteiger partial charge < -0.3 is 0 Å². The first-order valence-corrected chi connectivity index (χ1v) is 7.82. The Bertz CT molecular complexity index is 374. The Morgan fingerprint density at radius 1 is 1.16 bits per heavy atom. The zero-order valence-electron chi connectivity index (χ0n) is 13.8. The van der Waals surface area contributed by atoms with Gasteiger partial charge in [-0.15, -0.1) is 0 Å². The van der Waals surface area contributed by atoms with Crippen molar-refractivity contribution in [1.29, 1.82) is 0 Å². The molecule has 110 valence electrons. The fraction of sp³-hybridized carbons (Fsp3) is 0.941. The third-order valence-electron chi connectivity index (χ3n) is 5.22. The molecule has 0 aromatic carbocycles. The first-order valence-electron chi connectivity index (χ1n) is 7.82. The van der Waals surface area contributed by atoms with Crippen molar-refractivity contribution in [1.82, 2.24) is 4.90 Å². The Labute approximate surface area is 118 Å². The van der Waals surface area contributed by atoms with Crippen LogP contribution in [0.1, 0.15) is 67.7 Å². The second kappa shape index (κ2) is 4.31. The topological polar surface area (TPSA) is 20.3 Å². The summed E-state index contributed by atoms with van der Waals surface area (Å²) in [4.78, 5) is 15.3. The van der Waals surface area contributed by atoms with Gasteiger partial charge in [-0.25, -0.2) is 0 Å². The van der Waals surface area contributed by atoms with Crippen LogP contribution in [0.2, 0.25) is 0 Å². The fourth-order valence-corrected chi connectivity index (χ4v) is 3.90. The molecule has 1 spiro atoms. The number of rotatable bonds is 2. The summed E-state index contributed by atoms with van der Waals surface area (Å²) in [5.41, 5.74) is 0.333. The maximum Gasteiger partial charge on any atom is 0.155 e. The molecule has 0 bridgehead atoms. The standard InChI is InChI=1S/C17H31NO/c1-8-12-9-17(12)10-13(14(19)15(2,3)4)18(11-17)16(5,6)7/h12-13H,8-11H2,1-7H3/t12?,13-,17-/m0/s1. The lowest BCUT2D eigenvalue weighted by molar-refractivity contribution is -0.132. The number of hydrogen-bond acceptors (Lipinski definition) is 2. The molecule has 1 heterocycles. The lowest BCUT2D eigenvalue weighted by Crippen LogP contribution is -2.50. The third-order valence-corrected chi connectivity index (χ3v) is 5.22. The van der Waals surface area contributed by atoms with Crippen LogP contribution in [-0.4, -0.2) is 28.8 Å². The van der Waals surface area contributed by atoms with Crippen LogP contribution in [0.4, 0.5) is 0 Å². The fourth-order valence-electron chi connectivity index (χ4n) is 3.90. The first kappa shape index (κ1) is 15.0. The van der Waals surface area contributed by atoms with Crippen molar-refractivity contribution in [3.05, 3.63) is 0 Å². The maximum absolute atomic E-state index is 12.8. The molecule has 19 heavy (non-hydrogen) atoms. The van der Waals surface area contributed by atoms with E-state index in [2.05, 4.69) is 53.4 Å². The molecular weight excluding hydrogens is 234 g/mol. The predicted octanol–water partition coefficient (Wildman–Crippen LogP) is 3.89. The van der Waals surface area contributed by atoms with Gasteiger partial charge in [0.15, 0.2) is 5.78 Å². The second-order valence-corrected chi connectivity index (χ2v) is 8.80. The zero-order valence-corrected chi connectivity index (χ0v) is 13.8. The summed E-state index contributed by atoms with van der Waals surface area (Å²) < 4.78 is 0. The van der Waals surface area contributed by atoms with Crippen LogP contribution in [-0.2, 0) is 4.79 Å². The van der Waals surface area contributed by atoms with Crippen LogP contribution in [0.5, 0.6) is 0 Å². The molecule has 1 aliphatic carbocycles. The normalized spacial score (nSPS) is 35.9. The van der Waals surface area contributed by atoms with Crippen molar-refractivity contribution < 1.29 is 4.79 Å². The minimum atomic E-state index is -0.226. The SMILES string of the molecule is CCC1C[C@@]12C[C@@H](C(=O)C(C)(C)C)N(C(C)(C)C)C2.